The van der Waals surface area contributed by atoms with Crippen LogP contribution in [-0.4, -0.2) is 7.11 Å². The zero-order valence-electron chi connectivity index (χ0n) is 8.56. The average Bonchev–Trinajstić information content (AvgIpc) is 2.31. The molecule has 0 aliphatic rings. The molecule has 0 saturated carbocycles. The Hall–Kier alpha value is -2.11. The topological polar surface area (TPSA) is 68.8 Å². The largest absolute Gasteiger partial charge is 0.497 e. The summed E-state index contributed by atoms with van der Waals surface area (Å²) in [4.78, 5) is 0. The Kier molecular flexibility index (Phi) is 4.26. The van der Waals surface area contributed by atoms with Crippen molar-refractivity contribution in [3.8, 4) is 17.9 Å². The number of benzene rings is 1. The fourth-order valence-electron chi connectivity index (χ4n) is 1.00. The van der Waals surface area contributed by atoms with Gasteiger partial charge in [-0.3, -0.25) is 0 Å². The number of allylic oxidation sites excluding steroid dienone is 1. The highest BCUT2D eigenvalue weighted by Crippen LogP contribution is 2.18. The molecule has 0 bridgehead atoms. The summed E-state index contributed by atoms with van der Waals surface area (Å²) >= 11 is 4.04. The maximum atomic E-state index is 8.62. The minimum atomic E-state index is -0.0563. The molecule has 0 aliphatic carbocycles. The van der Waals surface area contributed by atoms with Gasteiger partial charge >= 0.3 is 0 Å². The molecule has 80 valence electrons. The number of hydrogen-bond donors (Lipinski definition) is 2. The summed E-state index contributed by atoms with van der Waals surface area (Å²) in [6.45, 7) is 0. The quantitative estimate of drug-likeness (QED) is 0.618. The van der Waals surface area contributed by atoms with E-state index in [2.05, 4.69) is 17.9 Å². The Balaban J connectivity index is 2.86. The fourth-order valence-corrected chi connectivity index (χ4v) is 1.23. The van der Waals surface area contributed by atoms with E-state index in [-0.39, 0.29) is 10.6 Å². The minimum Gasteiger partial charge on any atom is -0.497 e. The van der Waals surface area contributed by atoms with Crippen LogP contribution in [0.2, 0.25) is 0 Å². The number of thiol groups is 1. The van der Waals surface area contributed by atoms with Crippen molar-refractivity contribution in [2.45, 2.75) is 0 Å². The van der Waals surface area contributed by atoms with Gasteiger partial charge < -0.3 is 10.1 Å². The van der Waals surface area contributed by atoms with Crippen molar-refractivity contribution < 1.29 is 4.74 Å². The van der Waals surface area contributed by atoms with Crippen LogP contribution in [-0.2, 0) is 0 Å². The lowest BCUT2D eigenvalue weighted by Gasteiger charge is -2.06. The fraction of sp³-hybridized carbons (Fsp3) is 0.0909. The highest BCUT2D eigenvalue weighted by atomic mass is 32.1. The first-order chi connectivity index (χ1) is 7.71. The molecular formula is C11H9N3OS. The highest BCUT2D eigenvalue weighted by molar-refractivity contribution is 7.84. The average molecular weight is 231 g/mol. The third-order valence-corrected chi connectivity index (χ3v) is 2.15. The molecule has 0 aromatic heterocycles. The Morgan fingerprint density at radius 2 is 1.81 bits per heavy atom. The molecule has 4 nitrogen and oxygen atoms in total. The zero-order valence-corrected chi connectivity index (χ0v) is 9.45. The molecule has 0 aliphatic heterocycles. The standard InChI is InChI=1S/C11H9N3OS/c1-15-10-4-2-9(3-5-10)14-11(16)8(6-12)7-13/h2-5,14,16H,1H3. The van der Waals surface area contributed by atoms with E-state index < -0.39 is 0 Å². The molecule has 5 heteroatoms. The molecule has 1 N–H and O–H groups in total. The van der Waals surface area contributed by atoms with Crippen LogP contribution in [0, 0.1) is 22.7 Å². The third kappa shape index (κ3) is 2.94. The SMILES string of the molecule is COc1ccc(NC(S)=C(C#N)C#N)cc1. The van der Waals surface area contributed by atoms with Crippen LogP contribution in [0.4, 0.5) is 5.69 Å². The molecule has 0 fully saturated rings. The van der Waals surface area contributed by atoms with Gasteiger partial charge in [0, 0.05) is 5.69 Å². The number of rotatable bonds is 3. The molecule has 0 amide bonds. The smallest absolute Gasteiger partial charge is 0.159 e. The Labute approximate surface area is 99.2 Å². The summed E-state index contributed by atoms with van der Waals surface area (Å²) in [6, 6.07) is 10.6. The van der Waals surface area contributed by atoms with Crippen LogP contribution < -0.4 is 10.1 Å². The first-order valence-electron chi connectivity index (χ1n) is 4.35. The van der Waals surface area contributed by atoms with Crippen LogP contribution in [0.1, 0.15) is 0 Å². The van der Waals surface area contributed by atoms with Gasteiger partial charge in [0.15, 0.2) is 5.57 Å². The maximum Gasteiger partial charge on any atom is 0.159 e. The number of nitrogens with zero attached hydrogens (tertiary/aromatic N) is 2. The molecule has 16 heavy (non-hydrogen) atoms. The molecule has 0 atom stereocenters. The summed E-state index contributed by atoms with van der Waals surface area (Å²) in [6.07, 6.45) is 0. The second kappa shape index (κ2) is 5.69. The molecular weight excluding hydrogens is 222 g/mol. The Morgan fingerprint density at radius 3 is 2.25 bits per heavy atom. The van der Waals surface area contributed by atoms with Gasteiger partial charge in [0.1, 0.15) is 17.9 Å². The van der Waals surface area contributed by atoms with Crippen LogP contribution in [0.3, 0.4) is 0 Å². The summed E-state index contributed by atoms with van der Waals surface area (Å²) in [5.74, 6) is 0.732. The van der Waals surface area contributed by atoms with Crippen molar-refractivity contribution in [3.05, 3.63) is 34.9 Å². The Morgan fingerprint density at radius 1 is 1.25 bits per heavy atom. The maximum absolute atomic E-state index is 8.62. The van der Waals surface area contributed by atoms with Crippen molar-refractivity contribution in [1.82, 2.24) is 0 Å². The molecule has 0 radical (unpaired) electrons. The number of nitrogens with one attached hydrogen (secondary N) is 1. The van der Waals surface area contributed by atoms with Crippen LogP contribution in [0.15, 0.2) is 34.9 Å². The number of ether oxygens (including phenoxy) is 1. The predicted octanol–water partition coefficient (Wildman–Crippen LogP) is 2.30. The summed E-state index contributed by atoms with van der Waals surface area (Å²) < 4.78 is 5.00. The van der Waals surface area contributed by atoms with Crippen LogP contribution in [0.5, 0.6) is 5.75 Å². The molecule has 1 aromatic rings. The lowest BCUT2D eigenvalue weighted by Crippen LogP contribution is -1.96. The second-order valence-electron chi connectivity index (χ2n) is 2.80. The van der Waals surface area contributed by atoms with Crippen molar-refractivity contribution in [2.75, 3.05) is 12.4 Å². The molecule has 1 aromatic carbocycles. The second-order valence-corrected chi connectivity index (χ2v) is 3.25. The Bertz CT molecular complexity index is 463. The summed E-state index contributed by atoms with van der Waals surface area (Å²) in [5, 5.41) is 20.3. The van der Waals surface area contributed by atoms with Crippen LogP contribution in [0.25, 0.3) is 0 Å². The number of nitriles is 2. The molecule has 1 rings (SSSR count). The van der Waals surface area contributed by atoms with Crippen molar-refractivity contribution in [1.29, 1.82) is 10.5 Å². The molecule has 0 heterocycles. The highest BCUT2D eigenvalue weighted by Gasteiger charge is 2.02. The van der Waals surface area contributed by atoms with Gasteiger partial charge in [0.05, 0.1) is 12.1 Å². The van der Waals surface area contributed by atoms with Crippen molar-refractivity contribution in [3.63, 3.8) is 0 Å². The summed E-state index contributed by atoms with van der Waals surface area (Å²) in [7, 11) is 1.58. The zero-order chi connectivity index (χ0) is 12.0. The van der Waals surface area contributed by atoms with E-state index in [0.717, 1.165) is 11.4 Å². The molecule has 0 unspecified atom stereocenters. The predicted molar refractivity (Wildman–Crippen MR) is 63.9 cm³/mol. The van der Waals surface area contributed by atoms with Gasteiger partial charge in [-0.05, 0) is 24.3 Å². The van der Waals surface area contributed by atoms with E-state index in [1.165, 1.54) is 0 Å². The van der Waals surface area contributed by atoms with Gasteiger partial charge in [0.25, 0.3) is 0 Å². The number of hydrogen-bond acceptors (Lipinski definition) is 5. The normalized spacial score (nSPS) is 8.50. The number of anilines is 1. The van der Waals surface area contributed by atoms with Crippen molar-refractivity contribution >= 4 is 18.3 Å². The van der Waals surface area contributed by atoms with E-state index in [4.69, 9.17) is 15.3 Å². The molecule has 0 spiro atoms. The van der Waals surface area contributed by atoms with Gasteiger partial charge in [-0.2, -0.15) is 10.5 Å². The van der Waals surface area contributed by atoms with Gasteiger partial charge in [0.2, 0.25) is 0 Å². The third-order valence-electron chi connectivity index (χ3n) is 1.81. The number of methoxy groups -OCH3 is 1. The van der Waals surface area contributed by atoms with E-state index in [1.807, 2.05) is 0 Å². The van der Waals surface area contributed by atoms with Crippen LogP contribution >= 0.6 is 12.6 Å². The van der Waals surface area contributed by atoms with E-state index in [9.17, 15) is 0 Å². The van der Waals surface area contributed by atoms with E-state index >= 15 is 0 Å². The molecule has 0 saturated heterocycles. The lowest BCUT2D eigenvalue weighted by atomic mass is 10.3. The first kappa shape index (κ1) is 12.0. The monoisotopic (exact) mass is 231 g/mol. The summed E-state index contributed by atoms with van der Waals surface area (Å²) in [5.41, 5.74) is 0.674. The first-order valence-corrected chi connectivity index (χ1v) is 4.80. The van der Waals surface area contributed by atoms with Gasteiger partial charge in [-0.1, -0.05) is 0 Å². The minimum absolute atomic E-state index is 0.0563. The van der Waals surface area contributed by atoms with E-state index in [0.29, 0.717) is 0 Å². The van der Waals surface area contributed by atoms with Gasteiger partial charge in [-0.25, -0.2) is 0 Å². The lowest BCUT2D eigenvalue weighted by molar-refractivity contribution is 0.415. The van der Waals surface area contributed by atoms with E-state index in [1.54, 1.807) is 43.5 Å². The van der Waals surface area contributed by atoms with Gasteiger partial charge in [-0.15, -0.1) is 12.6 Å². The van der Waals surface area contributed by atoms with Crippen molar-refractivity contribution in [2.24, 2.45) is 0 Å².